The van der Waals surface area contributed by atoms with Gasteiger partial charge in [-0.3, -0.25) is 9.69 Å². The topological polar surface area (TPSA) is 82.1 Å². The third-order valence-electron chi connectivity index (χ3n) is 2.48. The van der Waals surface area contributed by atoms with Crippen LogP contribution in [0.3, 0.4) is 0 Å². The number of carbonyl (C=O) groups excluding carboxylic acids is 3. The summed E-state index contributed by atoms with van der Waals surface area (Å²) in [5, 5.41) is 0. The Morgan fingerprint density at radius 1 is 1.18 bits per heavy atom. The van der Waals surface area contributed by atoms with Crippen LogP contribution in [0.15, 0.2) is 0 Å². The summed E-state index contributed by atoms with van der Waals surface area (Å²) < 4.78 is 14.1. The maximum absolute atomic E-state index is 11.5. The zero-order valence-electron chi connectivity index (χ0n) is 9.97. The highest BCUT2D eigenvalue weighted by molar-refractivity contribution is 5.82. The second-order valence-electron chi connectivity index (χ2n) is 3.63. The molecule has 7 heteroatoms. The average Bonchev–Trinajstić information content (AvgIpc) is 2.69. The highest BCUT2D eigenvalue weighted by Gasteiger charge is 2.42. The fourth-order valence-electron chi connectivity index (χ4n) is 1.80. The summed E-state index contributed by atoms with van der Waals surface area (Å²) in [5.74, 6) is -1.00. The Kier molecular flexibility index (Phi) is 4.30. The van der Waals surface area contributed by atoms with Crippen molar-refractivity contribution < 1.29 is 28.6 Å². The summed E-state index contributed by atoms with van der Waals surface area (Å²) in [6.45, 7) is 1.40. The molecule has 0 bridgehead atoms. The molecule has 2 atom stereocenters. The highest BCUT2D eigenvalue weighted by atomic mass is 16.6. The molecule has 1 rings (SSSR count). The number of amides is 1. The van der Waals surface area contributed by atoms with Crippen molar-refractivity contribution >= 4 is 18.0 Å². The van der Waals surface area contributed by atoms with Crippen LogP contribution in [0.4, 0.5) is 4.79 Å². The number of nitrogens with zero attached hydrogens (tertiary/aromatic N) is 1. The minimum absolute atomic E-state index is 0.131. The Morgan fingerprint density at radius 2 is 1.82 bits per heavy atom. The number of hydrogen-bond donors (Lipinski definition) is 0. The van der Waals surface area contributed by atoms with Gasteiger partial charge < -0.3 is 14.2 Å². The summed E-state index contributed by atoms with van der Waals surface area (Å²) >= 11 is 0. The molecule has 0 spiro atoms. The molecule has 0 unspecified atom stereocenters. The summed E-state index contributed by atoms with van der Waals surface area (Å²) in [4.78, 5) is 34.9. The smallest absolute Gasteiger partial charge is 0.410 e. The number of carbonyl (C=O) groups is 3. The zero-order chi connectivity index (χ0) is 13.0. The van der Waals surface area contributed by atoms with Gasteiger partial charge in [-0.05, 0) is 0 Å². The van der Waals surface area contributed by atoms with Gasteiger partial charge >= 0.3 is 18.0 Å². The van der Waals surface area contributed by atoms with Crippen LogP contribution in [0.1, 0.15) is 13.3 Å². The van der Waals surface area contributed by atoms with E-state index in [4.69, 9.17) is 4.74 Å². The molecule has 0 aromatic carbocycles. The van der Waals surface area contributed by atoms with E-state index in [1.54, 1.807) is 0 Å². The Balaban J connectivity index is 2.75. The summed E-state index contributed by atoms with van der Waals surface area (Å²) in [6, 6.07) is -0.767. The van der Waals surface area contributed by atoms with E-state index in [0.29, 0.717) is 0 Å². The first-order valence-corrected chi connectivity index (χ1v) is 5.09. The third-order valence-corrected chi connectivity index (χ3v) is 2.48. The van der Waals surface area contributed by atoms with Crippen molar-refractivity contribution in [2.75, 3.05) is 20.8 Å². The molecule has 0 aromatic heterocycles. The van der Waals surface area contributed by atoms with Crippen LogP contribution in [0, 0.1) is 0 Å². The Labute approximate surface area is 98.6 Å². The molecule has 1 fully saturated rings. The molecule has 1 heterocycles. The number of ether oxygens (including phenoxy) is 3. The van der Waals surface area contributed by atoms with Gasteiger partial charge in [0.15, 0.2) is 0 Å². The molecule has 0 saturated carbocycles. The van der Waals surface area contributed by atoms with Crippen molar-refractivity contribution in [3.8, 4) is 0 Å². The standard InChI is InChI=1S/C10H15NO6/c1-6(12)17-7-4-8(9(13)15-2)11(5-7)10(14)16-3/h7-8H,4-5H2,1-3H3/t7-,8+/m1/s1. The van der Waals surface area contributed by atoms with E-state index in [1.165, 1.54) is 26.0 Å². The van der Waals surface area contributed by atoms with Crippen molar-refractivity contribution in [1.82, 2.24) is 4.90 Å². The quantitative estimate of drug-likeness (QED) is 0.500. The maximum Gasteiger partial charge on any atom is 0.410 e. The lowest BCUT2D eigenvalue weighted by Gasteiger charge is -2.20. The maximum atomic E-state index is 11.5. The lowest BCUT2D eigenvalue weighted by atomic mass is 10.2. The van der Waals surface area contributed by atoms with Gasteiger partial charge in [-0.1, -0.05) is 0 Å². The van der Waals surface area contributed by atoms with Crippen molar-refractivity contribution in [3.05, 3.63) is 0 Å². The van der Waals surface area contributed by atoms with Crippen LogP contribution in [-0.4, -0.2) is 55.8 Å². The number of rotatable bonds is 2. The van der Waals surface area contributed by atoms with E-state index in [1.807, 2.05) is 0 Å². The predicted molar refractivity (Wildman–Crippen MR) is 55.1 cm³/mol. The SMILES string of the molecule is COC(=O)[C@@H]1C[C@@H](OC(C)=O)CN1C(=O)OC. The van der Waals surface area contributed by atoms with Crippen molar-refractivity contribution in [1.29, 1.82) is 0 Å². The number of methoxy groups -OCH3 is 2. The van der Waals surface area contributed by atoms with Crippen molar-refractivity contribution in [3.63, 3.8) is 0 Å². The van der Waals surface area contributed by atoms with E-state index >= 15 is 0 Å². The Morgan fingerprint density at radius 3 is 2.29 bits per heavy atom. The Bertz CT molecular complexity index is 305. The average molecular weight is 245 g/mol. The van der Waals surface area contributed by atoms with Crippen LogP contribution in [-0.2, 0) is 23.8 Å². The monoisotopic (exact) mass is 245 g/mol. The predicted octanol–water partition coefficient (Wildman–Crippen LogP) is -0.0682. The second kappa shape index (κ2) is 5.51. The van der Waals surface area contributed by atoms with Gasteiger partial charge in [-0.15, -0.1) is 0 Å². The molecule has 0 N–H and O–H groups in total. The van der Waals surface area contributed by atoms with Crippen molar-refractivity contribution in [2.45, 2.75) is 25.5 Å². The first-order chi connectivity index (χ1) is 7.99. The van der Waals surface area contributed by atoms with Crippen LogP contribution in [0.2, 0.25) is 0 Å². The van der Waals surface area contributed by atoms with E-state index in [0.717, 1.165) is 0 Å². The molecule has 1 saturated heterocycles. The summed E-state index contributed by atoms with van der Waals surface area (Å²) in [7, 11) is 2.45. The zero-order valence-corrected chi connectivity index (χ0v) is 9.97. The molecule has 96 valence electrons. The molecule has 1 aliphatic rings. The molecule has 17 heavy (non-hydrogen) atoms. The molecule has 1 amide bonds. The number of likely N-dealkylation sites (tertiary alicyclic amines) is 1. The fraction of sp³-hybridized carbons (Fsp3) is 0.700. The molecular weight excluding hydrogens is 230 g/mol. The highest BCUT2D eigenvalue weighted by Crippen LogP contribution is 2.22. The second-order valence-corrected chi connectivity index (χ2v) is 3.63. The van der Waals surface area contributed by atoms with Crippen LogP contribution >= 0.6 is 0 Å². The minimum Gasteiger partial charge on any atom is -0.467 e. The van der Waals surface area contributed by atoms with E-state index in [9.17, 15) is 14.4 Å². The lowest BCUT2D eigenvalue weighted by Crippen LogP contribution is -2.41. The molecule has 7 nitrogen and oxygen atoms in total. The molecule has 1 aliphatic heterocycles. The van der Waals surface area contributed by atoms with Crippen LogP contribution < -0.4 is 0 Å². The first-order valence-electron chi connectivity index (χ1n) is 5.09. The van der Waals surface area contributed by atoms with Crippen LogP contribution in [0.25, 0.3) is 0 Å². The first kappa shape index (κ1) is 13.3. The molecule has 0 aromatic rings. The van der Waals surface area contributed by atoms with Gasteiger partial charge in [0.05, 0.1) is 20.8 Å². The van der Waals surface area contributed by atoms with E-state index in [-0.39, 0.29) is 13.0 Å². The fourth-order valence-corrected chi connectivity index (χ4v) is 1.80. The van der Waals surface area contributed by atoms with Gasteiger partial charge in [-0.2, -0.15) is 0 Å². The number of esters is 2. The normalized spacial score (nSPS) is 23.1. The van der Waals surface area contributed by atoms with Gasteiger partial charge in [0.1, 0.15) is 12.1 Å². The van der Waals surface area contributed by atoms with Crippen molar-refractivity contribution in [2.24, 2.45) is 0 Å². The Hall–Kier alpha value is -1.79. The summed E-state index contributed by atoms with van der Waals surface area (Å²) in [5.41, 5.74) is 0. The van der Waals surface area contributed by atoms with Crippen LogP contribution in [0.5, 0.6) is 0 Å². The van der Waals surface area contributed by atoms with E-state index in [2.05, 4.69) is 9.47 Å². The summed E-state index contributed by atoms with van der Waals surface area (Å²) in [6.07, 6.45) is -0.924. The minimum atomic E-state index is -0.767. The number of hydrogen-bond acceptors (Lipinski definition) is 6. The molecular formula is C10H15NO6. The third kappa shape index (κ3) is 3.08. The van der Waals surface area contributed by atoms with Gasteiger partial charge in [0.25, 0.3) is 0 Å². The lowest BCUT2D eigenvalue weighted by molar-refractivity contribution is -0.147. The van der Waals surface area contributed by atoms with Gasteiger partial charge in [0, 0.05) is 13.3 Å². The molecule has 0 aliphatic carbocycles. The van der Waals surface area contributed by atoms with E-state index < -0.39 is 30.2 Å². The van der Waals surface area contributed by atoms with Gasteiger partial charge in [0.2, 0.25) is 0 Å². The largest absolute Gasteiger partial charge is 0.467 e. The van der Waals surface area contributed by atoms with Gasteiger partial charge in [-0.25, -0.2) is 9.59 Å². The molecule has 0 radical (unpaired) electrons.